The summed E-state index contributed by atoms with van der Waals surface area (Å²) >= 11 is 0. The zero-order valence-corrected chi connectivity index (χ0v) is 16.9. The van der Waals surface area contributed by atoms with E-state index in [1.165, 1.54) is 25.7 Å². The summed E-state index contributed by atoms with van der Waals surface area (Å²) in [5.74, 6) is 4.56. The van der Waals surface area contributed by atoms with Gasteiger partial charge in [0.1, 0.15) is 0 Å². The van der Waals surface area contributed by atoms with Crippen LogP contribution in [0.2, 0.25) is 0 Å². The van der Waals surface area contributed by atoms with Gasteiger partial charge in [0, 0.05) is 0 Å². The monoisotopic (exact) mass is 372 g/mol. The van der Waals surface area contributed by atoms with Crippen LogP contribution in [0.4, 0.5) is 0 Å². The van der Waals surface area contributed by atoms with Crippen molar-refractivity contribution < 1.29 is 19.1 Å². The van der Waals surface area contributed by atoms with Crippen LogP contribution in [0.5, 0.6) is 0 Å². The molecule has 0 aliphatic heterocycles. The predicted molar refractivity (Wildman–Crippen MR) is 108 cm³/mol. The quantitative estimate of drug-likeness (QED) is 0.274. The lowest BCUT2D eigenvalue weighted by molar-refractivity contribution is 0.0384. The molecule has 0 bridgehead atoms. The second-order valence-electron chi connectivity index (χ2n) is 6.50. The molecule has 0 radical (unpaired) electrons. The molecule has 0 heterocycles. The molecule has 0 aromatic heterocycles. The van der Waals surface area contributed by atoms with Crippen LogP contribution in [0.3, 0.4) is 0 Å². The maximum Gasteiger partial charge on any atom is 0.340 e. The maximum absolute atomic E-state index is 12.4. The molecule has 0 saturated carbocycles. The van der Waals surface area contributed by atoms with E-state index < -0.39 is 18.0 Å². The van der Waals surface area contributed by atoms with Crippen molar-refractivity contribution in [3.05, 3.63) is 35.4 Å². The van der Waals surface area contributed by atoms with E-state index in [1.54, 1.807) is 31.2 Å². The lowest BCUT2D eigenvalue weighted by Gasteiger charge is -2.13. The van der Waals surface area contributed by atoms with E-state index in [1.807, 2.05) is 6.92 Å². The van der Waals surface area contributed by atoms with Crippen LogP contribution in [0.25, 0.3) is 0 Å². The summed E-state index contributed by atoms with van der Waals surface area (Å²) in [6.45, 7) is 6.16. The largest absolute Gasteiger partial charge is 0.462 e. The second-order valence-corrected chi connectivity index (χ2v) is 6.50. The molecule has 0 aliphatic rings. The fourth-order valence-electron chi connectivity index (χ4n) is 2.71. The Morgan fingerprint density at radius 2 is 1.52 bits per heavy atom. The van der Waals surface area contributed by atoms with E-state index >= 15 is 0 Å². The molecule has 1 aromatic rings. The van der Waals surface area contributed by atoms with E-state index in [2.05, 4.69) is 18.8 Å². The SMILES string of the molecule is CC#CC(CC)OC(=O)c1ccccc1C(=O)OCCCCCCCCC. The molecule has 0 saturated heterocycles. The third kappa shape index (κ3) is 8.77. The Labute approximate surface area is 163 Å². The average molecular weight is 373 g/mol. The molecule has 0 fully saturated rings. The third-order valence-electron chi connectivity index (χ3n) is 4.27. The van der Waals surface area contributed by atoms with Crippen molar-refractivity contribution in [2.75, 3.05) is 6.61 Å². The van der Waals surface area contributed by atoms with E-state index in [9.17, 15) is 9.59 Å². The summed E-state index contributed by atoms with van der Waals surface area (Å²) in [6.07, 6.45) is 8.20. The van der Waals surface area contributed by atoms with Gasteiger partial charge in [-0.1, -0.05) is 70.4 Å². The molecule has 0 aliphatic carbocycles. The van der Waals surface area contributed by atoms with Crippen molar-refractivity contribution in [2.45, 2.75) is 78.2 Å². The number of benzene rings is 1. The van der Waals surface area contributed by atoms with Gasteiger partial charge in [-0.2, -0.15) is 0 Å². The van der Waals surface area contributed by atoms with E-state index in [0.29, 0.717) is 13.0 Å². The van der Waals surface area contributed by atoms with Crippen LogP contribution < -0.4 is 0 Å². The number of carbonyl (C=O) groups is 2. The highest BCUT2D eigenvalue weighted by atomic mass is 16.5. The van der Waals surface area contributed by atoms with Crippen molar-refractivity contribution in [3.8, 4) is 11.8 Å². The minimum Gasteiger partial charge on any atom is -0.462 e. The Balaban J connectivity index is 2.53. The summed E-state index contributed by atoms with van der Waals surface area (Å²) in [4.78, 5) is 24.8. The summed E-state index contributed by atoms with van der Waals surface area (Å²) < 4.78 is 10.7. The van der Waals surface area contributed by atoms with Crippen LogP contribution in [-0.2, 0) is 9.47 Å². The van der Waals surface area contributed by atoms with Crippen molar-refractivity contribution in [3.63, 3.8) is 0 Å². The molecule has 1 rings (SSSR count). The lowest BCUT2D eigenvalue weighted by Crippen LogP contribution is -2.19. The molecule has 1 atom stereocenters. The molecule has 4 heteroatoms. The molecular formula is C23H32O4. The van der Waals surface area contributed by atoms with Crippen LogP contribution >= 0.6 is 0 Å². The first-order chi connectivity index (χ1) is 13.1. The van der Waals surface area contributed by atoms with Crippen molar-refractivity contribution in [1.29, 1.82) is 0 Å². The Morgan fingerprint density at radius 3 is 2.11 bits per heavy atom. The Bertz CT molecular complexity index is 639. The normalized spacial score (nSPS) is 11.2. The summed E-state index contributed by atoms with van der Waals surface area (Å²) in [6, 6.07) is 6.59. The fraction of sp³-hybridized carbons (Fsp3) is 0.565. The van der Waals surface area contributed by atoms with Crippen LogP contribution in [0.1, 0.15) is 92.9 Å². The number of unbranched alkanes of at least 4 members (excludes halogenated alkanes) is 6. The Morgan fingerprint density at radius 1 is 0.926 bits per heavy atom. The third-order valence-corrected chi connectivity index (χ3v) is 4.27. The molecule has 1 aromatic carbocycles. The van der Waals surface area contributed by atoms with E-state index in [0.717, 1.165) is 19.3 Å². The first kappa shape index (κ1) is 22.8. The van der Waals surface area contributed by atoms with E-state index in [4.69, 9.17) is 9.47 Å². The molecule has 0 N–H and O–H groups in total. The molecule has 148 valence electrons. The first-order valence-corrected chi connectivity index (χ1v) is 10.0. The second kappa shape index (κ2) is 13.9. The van der Waals surface area contributed by atoms with Crippen molar-refractivity contribution in [2.24, 2.45) is 0 Å². The number of carbonyl (C=O) groups excluding carboxylic acids is 2. The van der Waals surface area contributed by atoms with Gasteiger partial charge in [0.15, 0.2) is 6.10 Å². The van der Waals surface area contributed by atoms with Gasteiger partial charge in [0.25, 0.3) is 0 Å². The van der Waals surface area contributed by atoms with Crippen molar-refractivity contribution >= 4 is 11.9 Å². The smallest absolute Gasteiger partial charge is 0.340 e. The van der Waals surface area contributed by atoms with Gasteiger partial charge >= 0.3 is 11.9 Å². The number of hydrogen-bond acceptors (Lipinski definition) is 4. The van der Waals surface area contributed by atoms with Crippen molar-refractivity contribution in [1.82, 2.24) is 0 Å². The van der Waals surface area contributed by atoms with Gasteiger partial charge in [0.05, 0.1) is 17.7 Å². The minimum absolute atomic E-state index is 0.221. The van der Waals surface area contributed by atoms with Gasteiger partial charge in [-0.3, -0.25) is 0 Å². The highest BCUT2D eigenvalue weighted by Gasteiger charge is 2.20. The average Bonchev–Trinajstić information content (AvgIpc) is 2.69. The van der Waals surface area contributed by atoms with Crippen LogP contribution in [-0.4, -0.2) is 24.6 Å². The zero-order chi connectivity index (χ0) is 19.9. The number of rotatable bonds is 12. The van der Waals surface area contributed by atoms with Crippen LogP contribution in [0.15, 0.2) is 24.3 Å². The van der Waals surface area contributed by atoms with Gasteiger partial charge in [0.2, 0.25) is 0 Å². The fourth-order valence-corrected chi connectivity index (χ4v) is 2.71. The molecule has 1 unspecified atom stereocenters. The first-order valence-electron chi connectivity index (χ1n) is 10.0. The number of ether oxygens (including phenoxy) is 2. The summed E-state index contributed by atoms with van der Waals surface area (Å²) in [7, 11) is 0. The molecular weight excluding hydrogens is 340 g/mol. The highest BCUT2D eigenvalue weighted by molar-refractivity contribution is 6.03. The molecule has 0 amide bonds. The molecule has 0 spiro atoms. The van der Waals surface area contributed by atoms with Gasteiger partial charge in [-0.25, -0.2) is 9.59 Å². The Kier molecular flexibility index (Phi) is 11.7. The maximum atomic E-state index is 12.4. The summed E-state index contributed by atoms with van der Waals surface area (Å²) in [5.41, 5.74) is 0.461. The van der Waals surface area contributed by atoms with Gasteiger partial charge < -0.3 is 9.47 Å². The minimum atomic E-state index is -0.548. The topological polar surface area (TPSA) is 52.6 Å². The standard InChI is InChI=1S/C23H32O4/c1-4-7-8-9-10-11-14-18-26-22(24)20-16-12-13-17-21(20)23(25)27-19(6-3)15-5-2/h12-13,16-17,19H,4,6-11,14,18H2,1-3H3. The Hall–Kier alpha value is -2.28. The zero-order valence-electron chi connectivity index (χ0n) is 16.9. The number of esters is 2. The van der Waals surface area contributed by atoms with Crippen LogP contribution in [0, 0.1) is 11.8 Å². The van der Waals surface area contributed by atoms with Gasteiger partial charge in [-0.05, 0) is 31.9 Å². The highest BCUT2D eigenvalue weighted by Crippen LogP contribution is 2.14. The molecule has 27 heavy (non-hydrogen) atoms. The van der Waals surface area contributed by atoms with Gasteiger partial charge in [-0.15, -0.1) is 5.92 Å². The van der Waals surface area contributed by atoms with E-state index in [-0.39, 0.29) is 11.1 Å². The number of hydrogen-bond donors (Lipinski definition) is 0. The lowest BCUT2D eigenvalue weighted by atomic mass is 10.1. The summed E-state index contributed by atoms with van der Waals surface area (Å²) in [5, 5.41) is 0. The molecule has 4 nitrogen and oxygen atoms in total. The predicted octanol–water partition coefficient (Wildman–Crippen LogP) is 5.55.